The Hall–Kier alpha value is -2.78. The molecule has 30 heavy (non-hydrogen) atoms. The van der Waals surface area contributed by atoms with Crippen molar-refractivity contribution in [2.45, 2.75) is 49.1 Å². The van der Waals surface area contributed by atoms with Gasteiger partial charge < -0.3 is 10.4 Å². The first kappa shape index (κ1) is 19.2. The smallest absolute Gasteiger partial charge is 0.252 e. The minimum atomic E-state index is -3.18. The van der Waals surface area contributed by atoms with Gasteiger partial charge in [-0.3, -0.25) is 9.36 Å². The van der Waals surface area contributed by atoms with Gasteiger partial charge in [-0.1, -0.05) is 0 Å². The first-order chi connectivity index (χ1) is 14.2. The molecule has 0 amide bonds. The molecule has 1 aliphatic carbocycles. The maximum absolute atomic E-state index is 12.7. The number of pyridine rings is 1. The van der Waals surface area contributed by atoms with E-state index >= 15 is 0 Å². The van der Waals surface area contributed by atoms with Gasteiger partial charge in [0.1, 0.15) is 5.65 Å². The molecule has 1 aromatic carbocycles. The lowest BCUT2D eigenvalue weighted by Gasteiger charge is -2.28. The third-order valence-electron chi connectivity index (χ3n) is 6.15. The molecule has 9 heteroatoms. The van der Waals surface area contributed by atoms with Crippen LogP contribution >= 0.6 is 0 Å². The molecule has 0 bridgehead atoms. The SMILES string of the molecule is C[C@@]1(O)CCC[C@H]1n1c(=O)ccc2cnc(Nc3ccc4c(c3)CCS4(=O)=O)nc21. The molecule has 0 radical (unpaired) electrons. The fraction of sp³-hybridized carbons (Fsp3) is 0.381. The van der Waals surface area contributed by atoms with Crippen molar-refractivity contribution in [1.29, 1.82) is 0 Å². The van der Waals surface area contributed by atoms with Gasteiger partial charge in [-0.05, 0) is 62.4 Å². The van der Waals surface area contributed by atoms with Gasteiger partial charge in [-0.15, -0.1) is 0 Å². The van der Waals surface area contributed by atoms with E-state index in [0.29, 0.717) is 46.8 Å². The molecule has 3 heterocycles. The molecule has 5 rings (SSSR count). The molecule has 1 saturated carbocycles. The second-order valence-corrected chi connectivity index (χ2v) is 10.4. The van der Waals surface area contributed by atoms with Crippen LogP contribution in [0.25, 0.3) is 11.0 Å². The number of benzene rings is 1. The Morgan fingerprint density at radius 2 is 2.10 bits per heavy atom. The Balaban J connectivity index is 1.56. The molecule has 1 aliphatic heterocycles. The zero-order valence-corrected chi connectivity index (χ0v) is 17.3. The standard InChI is InChI=1S/C21H22N4O4S/c1-21(27)9-2-3-17(21)25-18(26)7-4-14-12-22-20(24-19(14)25)23-15-5-6-16-13(11-15)8-10-30(16,28)29/h4-7,11-12,17,27H,2-3,8-10H2,1H3,(H,22,23,24)/t17-,21-/m1/s1. The summed E-state index contributed by atoms with van der Waals surface area (Å²) in [5.41, 5.74) is 0.753. The quantitative estimate of drug-likeness (QED) is 0.661. The molecule has 0 saturated heterocycles. The van der Waals surface area contributed by atoms with Gasteiger partial charge in [0, 0.05) is 23.3 Å². The third kappa shape index (κ3) is 3.09. The number of hydrogen-bond donors (Lipinski definition) is 2. The molecule has 2 atom stereocenters. The van der Waals surface area contributed by atoms with Crippen LogP contribution in [0, 0.1) is 0 Å². The molecule has 2 N–H and O–H groups in total. The predicted molar refractivity (Wildman–Crippen MR) is 113 cm³/mol. The fourth-order valence-corrected chi connectivity index (χ4v) is 6.12. The van der Waals surface area contributed by atoms with E-state index < -0.39 is 15.4 Å². The van der Waals surface area contributed by atoms with Crippen molar-refractivity contribution in [3.63, 3.8) is 0 Å². The highest BCUT2D eigenvalue weighted by molar-refractivity contribution is 7.91. The first-order valence-electron chi connectivity index (χ1n) is 9.98. The number of sulfone groups is 1. The van der Waals surface area contributed by atoms with E-state index in [1.165, 1.54) is 6.07 Å². The number of aryl methyl sites for hydroxylation is 1. The van der Waals surface area contributed by atoms with Crippen molar-refractivity contribution in [3.05, 3.63) is 52.4 Å². The molecular formula is C21H22N4O4S. The molecule has 156 valence electrons. The van der Waals surface area contributed by atoms with E-state index in [1.807, 2.05) is 0 Å². The molecule has 0 unspecified atom stereocenters. The Bertz CT molecular complexity index is 1330. The summed E-state index contributed by atoms with van der Waals surface area (Å²) in [5, 5.41) is 14.6. The summed E-state index contributed by atoms with van der Waals surface area (Å²) in [6.07, 6.45) is 4.31. The average Bonchev–Trinajstić information content (AvgIpc) is 3.19. The number of anilines is 2. The van der Waals surface area contributed by atoms with Gasteiger partial charge in [-0.2, -0.15) is 4.98 Å². The highest BCUT2D eigenvalue weighted by atomic mass is 32.2. The van der Waals surface area contributed by atoms with Gasteiger partial charge >= 0.3 is 0 Å². The summed E-state index contributed by atoms with van der Waals surface area (Å²) in [4.78, 5) is 22.0. The molecule has 8 nitrogen and oxygen atoms in total. The van der Waals surface area contributed by atoms with Crippen LogP contribution in [0.3, 0.4) is 0 Å². The summed E-state index contributed by atoms with van der Waals surface area (Å²) in [6, 6.07) is 7.91. The Morgan fingerprint density at radius 3 is 2.87 bits per heavy atom. The maximum Gasteiger partial charge on any atom is 0.252 e. The highest BCUT2D eigenvalue weighted by Gasteiger charge is 2.39. The van der Waals surface area contributed by atoms with Crippen molar-refractivity contribution in [2.24, 2.45) is 0 Å². The number of hydrogen-bond acceptors (Lipinski definition) is 7. The normalized spacial score (nSPS) is 24.8. The van der Waals surface area contributed by atoms with Gasteiger partial charge in [0.25, 0.3) is 5.56 Å². The van der Waals surface area contributed by atoms with Crippen molar-refractivity contribution in [2.75, 3.05) is 11.1 Å². The third-order valence-corrected chi connectivity index (χ3v) is 7.96. The van der Waals surface area contributed by atoms with E-state index in [0.717, 1.165) is 12.0 Å². The van der Waals surface area contributed by atoms with E-state index in [4.69, 9.17) is 0 Å². The van der Waals surface area contributed by atoms with E-state index in [9.17, 15) is 18.3 Å². The highest BCUT2D eigenvalue weighted by Crippen LogP contribution is 2.39. The van der Waals surface area contributed by atoms with Crippen LogP contribution in [0.5, 0.6) is 0 Å². The number of aromatic nitrogens is 3. The number of rotatable bonds is 3. The molecular weight excluding hydrogens is 404 g/mol. The number of nitrogens with zero attached hydrogens (tertiary/aromatic N) is 3. The lowest BCUT2D eigenvalue weighted by molar-refractivity contribution is 0.0267. The topological polar surface area (TPSA) is 114 Å². The molecule has 0 spiro atoms. The van der Waals surface area contributed by atoms with Crippen LogP contribution < -0.4 is 10.9 Å². The number of fused-ring (bicyclic) bond motifs is 2. The minimum Gasteiger partial charge on any atom is -0.388 e. The molecule has 2 aliphatic rings. The Kier molecular flexibility index (Phi) is 4.23. The summed E-state index contributed by atoms with van der Waals surface area (Å²) in [7, 11) is -3.18. The monoisotopic (exact) mass is 426 g/mol. The van der Waals surface area contributed by atoms with Crippen LogP contribution in [0.4, 0.5) is 11.6 Å². The second-order valence-electron chi connectivity index (χ2n) is 8.30. The van der Waals surface area contributed by atoms with Crippen LogP contribution in [-0.4, -0.2) is 39.4 Å². The zero-order valence-electron chi connectivity index (χ0n) is 16.5. The molecule has 3 aromatic rings. The Labute approximate surface area is 173 Å². The predicted octanol–water partition coefficient (Wildman–Crippen LogP) is 2.34. The van der Waals surface area contributed by atoms with Gasteiger partial charge in [0.05, 0.1) is 22.3 Å². The number of aliphatic hydroxyl groups is 1. The maximum atomic E-state index is 12.7. The number of nitrogens with one attached hydrogen (secondary N) is 1. The second kappa shape index (κ2) is 6.61. The van der Waals surface area contributed by atoms with Crippen molar-refractivity contribution < 1.29 is 13.5 Å². The van der Waals surface area contributed by atoms with E-state index in [-0.39, 0.29) is 17.4 Å². The molecule has 2 aromatic heterocycles. The van der Waals surface area contributed by atoms with Crippen LogP contribution in [0.1, 0.15) is 37.8 Å². The van der Waals surface area contributed by atoms with Crippen LogP contribution in [-0.2, 0) is 16.3 Å². The first-order valence-corrected chi connectivity index (χ1v) is 11.6. The summed E-state index contributed by atoms with van der Waals surface area (Å²) >= 11 is 0. The average molecular weight is 426 g/mol. The zero-order chi connectivity index (χ0) is 21.1. The van der Waals surface area contributed by atoms with Gasteiger partial charge in [0.15, 0.2) is 9.84 Å². The summed E-state index contributed by atoms with van der Waals surface area (Å²) in [6.45, 7) is 1.76. The summed E-state index contributed by atoms with van der Waals surface area (Å²) < 4.78 is 25.6. The van der Waals surface area contributed by atoms with E-state index in [2.05, 4.69) is 15.3 Å². The van der Waals surface area contributed by atoms with Gasteiger partial charge in [-0.25, -0.2) is 13.4 Å². The largest absolute Gasteiger partial charge is 0.388 e. The van der Waals surface area contributed by atoms with Crippen molar-refractivity contribution in [3.8, 4) is 0 Å². The lowest BCUT2D eigenvalue weighted by atomic mass is 10.00. The van der Waals surface area contributed by atoms with E-state index in [1.54, 1.807) is 42.0 Å². The minimum absolute atomic E-state index is 0.131. The van der Waals surface area contributed by atoms with Crippen LogP contribution in [0.2, 0.25) is 0 Å². The lowest BCUT2D eigenvalue weighted by Crippen LogP contribution is -2.37. The van der Waals surface area contributed by atoms with Crippen LogP contribution in [0.15, 0.2) is 46.2 Å². The molecule has 1 fully saturated rings. The van der Waals surface area contributed by atoms with Gasteiger partial charge in [0.2, 0.25) is 5.95 Å². The fourth-order valence-electron chi connectivity index (χ4n) is 4.58. The summed E-state index contributed by atoms with van der Waals surface area (Å²) in [5.74, 6) is 0.437. The Morgan fingerprint density at radius 1 is 1.27 bits per heavy atom. The van der Waals surface area contributed by atoms with Crippen molar-refractivity contribution in [1.82, 2.24) is 14.5 Å². The van der Waals surface area contributed by atoms with Crippen molar-refractivity contribution >= 4 is 32.5 Å².